The Kier molecular flexibility index (Phi) is 3.66. The van der Waals surface area contributed by atoms with E-state index in [1.54, 1.807) is 18.4 Å². The molecule has 0 bridgehead atoms. The molecule has 1 aliphatic rings. The summed E-state index contributed by atoms with van der Waals surface area (Å²) >= 11 is 1.33. The molecule has 1 aromatic carbocycles. The minimum absolute atomic E-state index is 0.267. The molecule has 2 rings (SSSR count). The lowest BCUT2D eigenvalue weighted by atomic mass is 9.64. The Balaban J connectivity index is 2.54. The fourth-order valence-electron chi connectivity index (χ4n) is 2.43. The maximum atomic E-state index is 11.7. The molecular weight excluding hydrogens is 284 g/mol. The van der Waals surface area contributed by atoms with Crippen LogP contribution in [0.1, 0.15) is 24.8 Å². The van der Waals surface area contributed by atoms with Crippen molar-refractivity contribution in [3.8, 4) is 0 Å². The summed E-state index contributed by atoms with van der Waals surface area (Å²) in [6.45, 7) is 0. The number of hydrogen-bond donors (Lipinski definition) is 1. The lowest BCUT2D eigenvalue weighted by Crippen LogP contribution is -2.42. The van der Waals surface area contributed by atoms with Crippen LogP contribution in [0.15, 0.2) is 28.0 Å². The smallest absolute Gasteiger partial charge is 0.314 e. The van der Waals surface area contributed by atoms with Gasteiger partial charge in [0.1, 0.15) is 0 Å². The van der Waals surface area contributed by atoms with Gasteiger partial charge in [-0.3, -0.25) is 4.79 Å². The van der Waals surface area contributed by atoms with Crippen molar-refractivity contribution >= 4 is 27.6 Å². The predicted molar refractivity (Wildman–Crippen MR) is 74.5 cm³/mol. The van der Waals surface area contributed by atoms with Crippen LogP contribution in [0.4, 0.5) is 0 Å². The maximum absolute atomic E-state index is 11.7. The molecule has 0 atom stereocenters. The zero-order chi connectivity index (χ0) is 14.3. The zero-order valence-electron chi connectivity index (χ0n) is 10.8. The standard InChI is InChI=1S/C13H16O4S2/c1-18-10-8-9(4-5-11(10)19(2,16)17)13(12(14)15)6-3-7-13/h4-5,8H,3,6-7H2,1-2H3,(H,14,15). The molecule has 0 amide bonds. The molecule has 1 saturated carbocycles. The lowest BCUT2D eigenvalue weighted by molar-refractivity contribution is -0.147. The van der Waals surface area contributed by atoms with Gasteiger partial charge >= 0.3 is 5.97 Å². The van der Waals surface area contributed by atoms with Gasteiger partial charge in [-0.25, -0.2) is 8.42 Å². The van der Waals surface area contributed by atoms with Crippen molar-refractivity contribution in [2.45, 2.75) is 34.5 Å². The van der Waals surface area contributed by atoms with Crippen LogP contribution in [0.25, 0.3) is 0 Å². The van der Waals surface area contributed by atoms with E-state index in [9.17, 15) is 18.3 Å². The Bertz CT molecular complexity index is 616. The molecule has 0 aromatic heterocycles. The van der Waals surface area contributed by atoms with E-state index < -0.39 is 21.2 Å². The van der Waals surface area contributed by atoms with Crippen LogP contribution in [0.2, 0.25) is 0 Å². The van der Waals surface area contributed by atoms with Crippen LogP contribution in [-0.2, 0) is 20.0 Å². The molecule has 0 spiro atoms. The molecule has 19 heavy (non-hydrogen) atoms. The van der Waals surface area contributed by atoms with Gasteiger partial charge in [0.15, 0.2) is 9.84 Å². The van der Waals surface area contributed by atoms with Crippen molar-refractivity contribution in [1.82, 2.24) is 0 Å². The fraction of sp³-hybridized carbons (Fsp3) is 0.462. The fourth-order valence-corrected chi connectivity index (χ4v) is 4.39. The number of aliphatic carboxylic acids is 1. The molecule has 1 N–H and O–H groups in total. The molecule has 1 aromatic rings. The Hall–Kier alpha value is -1.01. The number of carbonyl (C=O) groups is 1. The number of sulfone groups is 1. The van der Waals surface area contributed by atoms with Gasteiger partial charge in [0.2, 0.25) is 0 Å². The van der Waals surface area contributed by atoms with E-state index in [2.05, 4.69) is 0 Å². The first-order valence-electron chi connectivity index (χ1n) is 5.93. The van der Waals surface area contributed by atoms with E-state index in [4.69, 9.17) is 0 Å². The SMILES string of the molecule is CSc1cc(C2(C(=O)O)CCC2)ccc1S(C)(=O)=O. The molecule has 4 nitrogen and oxygen atoms in total. The van der Waals surface area contributed by atoms with E-state index in [-0.39, 0.29) is 4.90 Å². The summed E-state index contributed by atoms with van der Waals surface area (Å²) in [7, 11) is -3.29. The number of thioether (sulfide) groups is 1. The van der Waals surface area contributed by atoms with Gasteiger partial charge in [0.25, 0.3) is 0 Å². The van der Waals surface area contributed by atoms with Gasteiger partial charge in [-0.2, -0.15) is 0 Å². The first kappa shape index (κ1) is 14.4. The summed E-state index contributed by atoms with van der Waals surface area (Å²) in [6, 6.07) is 4.89. The highest BCUT2D eigenvalue weighted by molar-refractivity contribution is 7.99. The first-order valence-corrected chi connectivity index (χ1v) is 9.05. The third-order valence-electron chi connectivity index (χ3n) is 3.73. The highest BCUT2D eigenvalue weighted by Gasteiger charge is 2.46. The highest BCUT2D eigenvalue weighted by atomic mass is 32.2. The Morgan fingerprint density at radius 1 is 1.37 bits per heavy atom. The Morgan fingerprint density at radius 3 is 2.37 bits per heavy atom. The largest absolute Gasteiger partial charge is 0.481 e. The van der Waals surface area contributed by atoms with Crippen LogP contribution in [-0.4, -0.2) is 32.0 Å². The molecular formula is C13H16O4S2. The number of carboxylic acids is 1. The minimum atomic E-state index is -3.29. The predicted octanol–water partition coefficient (Wildman–Crippen LogP) is 2.32. The second-order valence-corrected chi connectivity index (χ2v) is 7.71. The van der Waals surface area contributed by atoms with Gasteiger partial charge in [-0.15, -0.1) is 11.8 Å². The van der Waals surface area contributed by atoms with Crippen LogP contribution >= 0.6 is 11.8 Å². The molecule has 0 unspecified atom stereocenters. The molecule has 1 aliphatic carbocycles. The number of rotatable bonds is 4. The lowest BCUT2D eigenvalue weighted by Gasteiger charge is -2.38. The summed E-state index contributed by atoms with van der Waals surface area (Å²) in [5, 5.41) is 9.40. The molecule has 0 radical (unpaired) electrons. The topological polar surface area (TPSA) is 71.4 Å². The summed E-state index contributed by atoms with van der Waals surface area (Å²) in [5.41, 5.74) is -0.108. The Labute approximate surface area is 117 Å². The van der Waals surface area contributed by atoms with Crippen molar-refractivity contribution in [2.24, 2.45) is 0 Å². The van der Waals surface area contributed by atoms with E-state index in [1.165, 1.54) is 17.8 Å². The second kappa shape index (κ2) is 4.83. The van der Waals surface area contributed by atoms with Crippen LogP contribution in [0.5, 0.6) is 0 Å². The third kappa shape index (κ3) is 2.39. The van der Waals surface area contributed by atoms with E-state index in [0.29, 0.717) is 23.3 Å². The van der Waals surface area contributed by atoms with Crippen molar-refractivity contribution in [1.29, 1.82) is 0 Å². The normalized spacial score (nSPS) is 17.8. The molecule has 0 heterocycles. The molecule has 1 fully saturated rings. The molecule has 6 heteroatoms. The van der Waals surface area contributed by atoms with E-state index in [0.717, 1.165) is 12.7 Å². The maximum Gasteiger partial charge on any atom is 0.314 e. The van der Waals surface area contributed by atoms with Gasteiger partial charge in [-0.05, 0) is 36.8 Å². The second-order valence-electron chi connectivity index (χ2n) is 4.88. The number of carboxylic acid groups (broad SMARTS) is 1. The van der Waals surface area contributed by atoms with E-state index in [1.807, 2.05) is 0 Å². The third-order valence-corrected chi connectivity index (χ3v) is 5.79. The summed E-state index contributed by atoms with van der Waals surface area (Å²) in [6.07, 6.45) is 5.09. The number of hydrogen-bond acceptors (Lipinski definition) is 4. The summed E-state index contributed by atoms with van der Waals surface area (Å²) in [4.78, 5) is 12.3. The molecule has 104 valence electrons. The molecule has 0 saturated heterocycles. The Morgan fingerprint density at radius 2 is 2.00 bits per heavy atom. The van der Waals surface area contributed by atoms with Crippen LogP contribution in [0, 0.1) is 0 Å². The van der Waals surface area contributed by atoms with Gasteiger partial charge in [0, 0.05) is 11.2 Å². The molecule has 0 aliphatic heterocycles. The quantitative estimate of drug-likeness (QED) is 0.864. The summed E-state index contributed by atoms with van der Waals surface area (Å²) < 4.78 is 23.3. The van der Waals surface area contributed by atoms with Gasteiger partial charge in [0.05, 0.1) is 10.3 Å². The monoisotopic (exact) mass is 300 g/mol. The average molecular weight is 300 g/mol. The number of benzene rings is 1. The van der Waals surface area contributed by atoms with Crippen molar-refractivity contribution in [3.63, 3.8) is 0 Å². The first-order chi connectivity index (χ1) is 8.81. The average Bonchev–Trinajstić information content (AvgIpc) is 2.25. The minimum Gasteiger partial charge on any atom is -0.481 e. The highest BCUT2D eigenvalue weighted by Crippen LogP contribution is 2.45. The van der Waals surface area contributed by atoms with Gasteiger partial charge < -0.3 is 5.11 Å². The van der Waals surface area contributed by atoms with Crippen molar-refractivity contribution in [2.75, 3.05) is 12.5 Å². The zero-order valence-corrected chi connectivity index (χ0v) is 12.5. The summed E-state index contributed by atoms with van der Waals surface area (Å²) in [5.74, 6) is -0.821. The van der Waals surface area contributed by atoms with Crippen LogP contribution < -0.4 is 0 Å². The van der Waals surface area contributed by atoms with Crippen LogP contribution in [0.3, 0.4) is 0 Å². The van der Waals surface area contributed by atoms with Gasteiger partial charge in [-0.1, -0.05) is 12.5 Å². The van der Waals surface area contributed by atoms with Crippen molar-refractivity contribution < 1.29 is 18.3 Å². The van der Waals surface area contributed by atoms with E-state index >= 15 is 0 Å². The van der Waals surface area contributed by atoms with Crippen molar-refractivity contribution in [3.05, 3.63) is 23.8 Å².